The predicted octanol–water partition coefficient (Wildman–Crippen LogP) is 2.11. The highest BCUT2D eigenvalue weighted by Gasteiger charge is 2.26. The molecule has 0 radical (unpaired) electrons. The maximum atomic E-state index is 10.5. The highest BCUT2D eigenvalue weighted by atomic mass is 16.5. The first kappa shape index (κ1) is 17.2. The van der Waals surface area contributed by atoms with E-state index in [1.165, 1.54) is 32.1 Å². The number of aliphatic hydroxyl groups excluding tert-OH is 1. The van der Waals surface area contributed by atoms with Crippen molar-refractivity contribution in [3.05, 3.63) is 0 Å². The summed E-state index contributed by atoms with van der Waals surface area (Å²) in [6.07, 6.45) is 7.04. The van der Waals surface area contributed by atoms with Crippen molar-refractivity contribution in [3.63, 3.8) is 0 Å². The molecule has 3 atom stereocenters. The molecule has 21 heavy (non-hydrogen) atoms. The third-order valence-electron chi connectivity index (χ3n) is 4.91. The van der Waals surface area contributed by atoms with Crippen molar-refractivity contribution < 1.29 is 9.84 Å². The van der Waals surface area contributed by atoms with Gasteiger partial charge < -0.3 is 9.84 Å². The Morgan fingerprint density at radius 2 is 1.76 bits per heavy atom. The monoisotopic (exact) mass is 298 g/mol. The molecular formula is C17H34N2O2. The van der Waals surface area contributed by atoms with Gasteiger partial charge in [0.05, 0.1) is 18.3 Å². The minimum absolute atomic E-state index is 0.246. The van der Waals surface area contributed by atoms with Gasteiger partial charge in [0.2, 0.25) is 0 Å². The number of morpholine rings is 1. The van der Waals surface area contributed by atoms with Crippen LogP contribution in [0.3, 0.4) is 0 Å². The zero-order valence-corrected chi connectivity index (χ0v) is 14.1. The molecular weight excluding hydrogens is 264 g/mol. The van der Waals surface area contributed by atoms with E-state index in [9.17, 15) is 5.11 Å². The van der Waals surface area contributed by atoms with Crippen molar-refractivity contribution >= 4 is 0 Å². The number of β-amino-alcohol motifs (C(OH)–C–C–N with tert-alkyl or cyclic N) is 1. The maximum absolute atomic E-state index is 10.5. The Morgan fingerprint density at radius 1 is 1.14 bits per heavy atom. The summed E-state index contributed by atoms with van der Waals surface area (Å²) in [5, 5.41) is 10.5. The molecule has 0 aromatic heterocycles. The molecule has 2 rings (SSSR count). The van der Waals surface area contributed by atoms with Gasteiger partial charge >= 0.3 is 0 Å². The summed E-state index contributed by atoms with van der Waals surface area (Å²) in [5.74, 6) is 0. The molecule has 124 valence electrons. The lowest BCUT2D eigenvalue weighted by Crippen LogP contribution is -2.50. The van der Waals surface area contributed by atoms with Crippen LogP contribution in [0.1, 0.15) is 52.9 Å². The Bertz CT molecular complexity index is 285. The van der Waals surface area contributed by atoms with Crippen LogP contribution in [0.15, 0.2) is 0 Å². The molecule has 0 spiro atoms. The van der Waals surface area contributed by atoms with Crippen molar-refractivity contribution in [2.24, 2.45) is 0 Å². The largest absolute Gasteiger partial charge is 0.390 e. The average Bonchev–Trinajstić information content (AvgIpc) is 2.44. The summed E-state index contributed by atoms with van der Waals surface area (Å²) in [7, 11) is 0. The molecule has 1 heterocycles. The number of hydrogen-bond donors (Lipinski definition) is 1. The molecule has 1 N–H and O–H groups in total. The fourth-order valence-corrected chi connectivity index (χ4v) is 4.04. The Kier molecular flexibility index (Phi) is 6.93. The van der Waals surface area contributed by atoms with Crippen LogP contribution >= 0.6 is 0 Å². The van der Waals surface area contributed by atoms with E-state index in [1.807, 2.05) is 0 Å². The second kappa shape index (κ2) is 8.47. The van der Waals surface area contributed by atoms with Crippen LogP contribution in [0.4, 0.5) is 0 Å². The molecule has 2 fully saturated rings. The minimum Gasteiger partial charge on any atom is -0.390 e. The van der Waals surface area contributed by atoms with Crippen LogP contribution in [0, 0.1) is 0 Å². The van der Waals surface area contributed by atoms with E-state index in [0.29, 0.717) is 6.04 Å². The first-order valence-corrected chi connectivity index (χ1v) is 8.88. The Balaban J connectivity index is 1.77. The van der Waals surface area contributed by atoms with Crippen molar-refractivity contribution in [2.75, 3.05) is 32.7 Å². The van der Waals surface area contributed by atoms with E-state index in [2.05, 4.69) is 30.6 Å². The molecule has 0 aromatic rings. The molecule has 4 heteroatoms. The number of ether oxygens (including phenoxy) is 1. The van der Waals surface area contributed by atoms with E-state index in [0.717, 1.165) is 32.7 Å². The van der Waals surface area contributed by atoms with Crippen molar-refractivity contribution in [1.82, 2.24) is 9.80 Å². The van der Waals surface area contributed by atoms with Crippen LogP contribution in [0.2, 0.25) is 0 Å². The van der Waals surface area contributed by atoms with E-state index >= 15 is 0 Å². The smallest absolute Gasteiger partial charge is 0.0793 e. The highest BCUT2D eigenvalue weighted by molar-refractivity contribution is 4.80. The summed E-state index contributed by atoms with van der Waals surface area (Å²) in [6.45, 7) is 11.0. The Hall–Kier alpha value is -0.160. The molecule has 3 unspecified atom stereocenters. The van der Waals surface area contributed by atoms with Crippen LogP contribution in [0.25, 0.3) is 0 Å². The average molecular weight is 298 g/mol. The minimum atomic E-state index is -0.246. The fourth-order valence-electron chi connectivity index (χ4n) is 4.04. The zero-order valence-electron chi connectivity index (χ0n) is 14.1. The van der Waals surface area contributed by atoms with E-state index in [-0.39, 0.29) is 18.3 Å². The molecule has 0 bridgehead atoms. The van der Waals surface area contributed by atoms with Crippen LogP contribution in [-0.4, -0.2) is 72.0 Å². The zero-order chi connectivity index (χ0) is 15.2. The first-order chi connectivity index (χ1) is 10.1. The molecule has 1 aliphatic heterocycles. The second-order valence-electron chi connectivity index (χ2n) is 7.01. The SMILES string of the molecule is CCN(CC(O)CN1CC(C)OC(C)C1)C1CCCCC1. The Labute approximate surface area is 130 Å². The van der Waals surface area contributed by atoms with Gasteiger partial charge in [-0.1, -0.05) is 26.2 Å². The van der Waals surface area contributed by atoms with Gasteiger partial charge in [0.1, 0.15) is 0 Å². The molecule has 4 nitrogen and oxygen atoms in total. The van der Waals surface area contributed by atoms with E-state index in [1.54, 1.807) is 0 Å². The molecule has 1 aliphatic carbocycles. The molecule has 0 aromatic carbocycles. The molecule has 1 saturated heterocycles. The van der Waals surface area contributed by atoms with Crippen LogP contribution in [0.5, 0.6) is 0 Å². The lowest BCUT2D eigenvalue weighted by Gasteiger charge is -2.38. The quantitative estimate of drug-likeness (QED) is 0.815. The molecule has 2 aliphatic rings. The van der Waals surface area contributed by atoms with Gasteiger partial charge in [-0.05, 0) is 33.2 Å². The maximum Gasteiger partial charge on any atom is 0.0793 e. The molecule has 1 saturated carbocycles. The van der Waals surface area contributed by atoms with Gasteiger partial charge in [0, 0.05) is 32.2 Å². The van der Waals surface area contributed by atoms with Crippen LogP contribution in [-0.2, 0) is 4.74 Å². The number of hydrogen-bond acceptors (Lipinski definition) is 4. The van der Waals surface area contributed by atoms with Gasteiger partial charge in [-0.15, -0.1) is 0 Å². The van der Waals surface area contributed by atoms with Gasteiger partial charge in [-0.2, -0.15) is 0 Å². The van der Waals surface area contributed by atoms with Crippen molar-refractivity contribution in [3.8, 4) is 0 Å². The predicted molar refractivity (Wildman–Crippen MR) is 86.6 cm³/mol. The van der Waals surface area contributed by atoms with E-state index < -0.39 is 0 Å². The second-order valence-corrected chi connectivity index (χ2v) is 7.01. The number of rotatable bonds is 6. The summed E-state index contributed by atoms with van der Waals surface area (Å²) in [6, 6.07) is 0.695. The summed E-state index contributed by atoms with van der Waals surface area (Å²) in [5.41, 5.74) is 0. The van der Waals surface area contributed by atoms with E-state index in [4.69, 9.17) is 4.74 Å². The first-order valence-electron chi connectivity index (χ1n) is 8.88. The molecule has 0 amide bonds. The van der Waals surface area contributed by atoms with Crippen LogP contribution < -0.4 is 0 Å². The summed E-state index contributed by atoms with van der Waals surface area (Å²) >= 11 is 0. The summed E-state index contributed by atoms with van der Waals surface area (Å²) in [4.78, 5) is 4.86. The number of nitrogens with zero attached hydrogens (tertiary/aromatic N) is 2. The lowest BCUT2D eigenvalue weighted by atomic mass is 9.94. The topological polar surface area (TPSA) is 35.9 Å². The van der Waals surface area contributed by atoms with Crippen molar-refractivity contribution in [2.45, 2.75) is 77.2 Å². The third-order valence-corrected chi connectivity index (χ3v) is 4.91. The van der Waals surface area contributed by atoms with Gasteiger partial charge in [0.15, 0.2) is 0 Å². The Morgan fingerprint density at radius 3 is 2.33 bits per heavy atom. The highest BCUT2D eigenvalue weighted by Crippen LogP contribution is 2.22. The third kappa shape index (κ3) is 5.51. The van der Waals surface area contributed by atoms with Gasteiger partial charge in [0.25, 0.3) is 0 Å². The van der Waals surface area contributed by atoms with Gasteiger partial charge in [-0.3, -0.25) is 9.80 Å². The summed E-state index contributed by atoms with van der Waals surface area (Å²) < 4.78 is 5.76. The fraction of sp³-hybridized carbons (Fsp3) is 1.00. The lowest BCUT2D eigenvalue weighted by molar-refractivity contribution is -0.0787. The standard InChI is InChI=1S/C17H34N2O2/c1-4-19(16-8-6-5-7-9-16)13-17(20)12-18-10-14(2)21-15(3)11-18/h14-17,20H,4-13H2,1-3H3. The van der Waals surface area contributed by atoms with Gasteiger partial charge in [-0.25, -0.2) is 0 Å². The van der Waals surface area contributed by atoms with Crippen molar-refractivity contribution in [1.29, 1.82) is 0 Å². The number of aliphatic hydroxyl groups is 1. The number of likely N-dealkylation sites (N-methyl/N-ethyl adjacent to an activating group) is 1. The normalized spacial score (nSPS) is 30.7.